The maximum Gasteiger partial charge on any atom is 0.190 e. The van der Waals surface area contributed by atoms with Crippen LogP contribution >= 0.6 is 47.8 Å². The number of halogens is 5. The van der Waals surface area contributed by atoms with E-state index in [1.165, 1.54) is 111 Å². The van der Waals surface area contributed by atoms with E-state index in [9.17, 15) is 39.6 Å². The highest BCUT2D eigenvalue weighted by Gasteiger charge is 2.32. The van der Waals surface area contributed by atoms with Crippen molar-refractivity contribution in [3.63, 3.8) is 0 Å². The minimum absolute atomic E-state index is 0. The molecule has 2 aliphatic rings. The molecule has 8 N–H and O–H groups in total. The van der Waals surface area contributed by atoms with Gasteiger partial charge in [0.25, 0.3) is 0 Å². The minimum Gasteiger partial charge on any atom is -1.00 e. The number of rotatable bonds is 61. The number of aryl methyl sites for hydroxylation is 6. The number of hydrogen-bond donors (Lipinski definition) is 8. The molecular weight excluding hydrogens is 1870 g/mol. The third-order valence-corrected chi connectivity index (χ3v) is 24.8. The molecule has 0 bridgehead atoms. The zero-order chi connectivity index (χ0) is 89.6. The number of aliphatic hydroxyl groups is 6. The number of ketones is 4. The molecule has 0 saturated carbocycles. The van der Waals surface area contributed by atoms with Crippen molar-refractivity contribution in [3.8, 4) is 0 Å². The van der Waals surface area contributed by atoms with Gasteiger partial charge >= 0.3 is 0 Å². The first-order valence-electron chi connectivity index (χ1n) is 46.3. The Kier molecular flexibility index (Phi) is 78.2. The summed E-state index contributed by atoms with van der Waals surface area (Å²) in [5, 5.41) is 65.9. The average molecular weight is 2040 g/mol. The van der Waals surface area contributed by atoms with E-state index in [4.69, 9.17) is 10.2 Å². The number of carbonyl (C=O) groups excluding carboxylic acids is 4. The van der Waals surface area contributed by atoms with Crippen LogP contribution in [-0.4, -0.2) is 232 Å². The van der Waals surface area contributed by atoms with E-state index in [0.717, 1.165) is 214 Å². The van der Waals surface area contributed by atoms with Crippen LogP contribution in [0.4, 0.5) is 5.69 Å². The average Bonchev–Trinajstić information content (AvgIpc) is 0.836. The predicted molar refractivity (Wildman–Crippen MR) is 524 cm³/mol. The molecule has 3 aromatic carbocycles. The van der Waals surface area contributed by atoms with Gasteiger partial charge in [-0.1, -0.05) is 219 Å². The first kappa shape index (κ1) is 121. The van der Waals surface area contributed by atoms with Crippen LogP contribution in [0.3, 0.4) is 0 Å². The number of unbranched alkanes of at least 4 members (excludes halogenated alkanes) is 12. The van der Waals surface area contributed by atoms with Crippen molar-refractivity contribution in [1.82, 2.24) is 15.1 Å². The van der Waals surface area contributed by atoms with Gasteiger partial charge in [0.05, 0.1) is 51.9 Å². The topological polar surface area (TPSA) is 220 Å². The normalized spacial score (nSPS) is 15.3. The summed E-state index contributed by atoms with van der Waals surface area (Å²) in [4.78, 5) is 55.3. The quantitative estimate of drug-likeness (QED) is 0.0114. The number of nitrogens with one attached hydrogen (secondary N) is 2. The molecule has 0 radical (unpaired) electrons. The molecule has 0 aromatic heterocycles. The number of anilines is 1. The van der Waals surface area contributed by atoms with Gasteiger partial charge in [-0.25, -0.2) is 0 Å². The number of quaternary nitrogens is 2. The number of aliphatic hydroxyl groups excluding tert-OH is 6. The molecule has 21 heteroatoms. The predicted octanol–water partition coefficient (Wildman–Crippen LogP) is 14.4. The molecule has 0 spiro atoms. The van der Waals surface area contributed by atoms with E-state index in [1.54, 1.807) is 0 Å². The summed E-state index contributed by atoms with van der Waals surface area (Å²) in [6, 6.07) is 19.2. The summed E-state index contributed by atoms with van der Waals surface area (Å²) in [7, 11) is 0. The van der Waals surface area contributed by atoms with Crippen LogP contribution in [0.1, 0.15) is 258 Å². The summed E-state index contributed by atoms with van der Waals surface area (Å²) in [6.45, 7) is 37.6. The maximum absolute atomic E-state index is 13.2. The second-order valence-electron chi connectivity index (χ2n) is 33.7. The molecule has 4 unspecified atom stereocenters. The molecule has 2 saturated heterocycles. The molecule has 0 aliphatic carbocycles. The second-order valence-corrected chi connectivity index (χ2v) is 36.0. The Morgan fingerprint density at radius 2 is 0.870 bits per heavy atom. The summed E-state index contributed by atoms with van der Waals surface area (Å²) < 4.78 is 1.47. The monoisotopic (exact) mass is 2030 g/mol. The van der Waals surface area contributed by atoms with Gasteiger partial charge in [0.15, 0.2) is 23.1 Å². The first-order chi connectivity index (χ1) is 58.5. The third-order valence-electron chi connectivity index (χ3n) is 23.1. The highest BCUT2D eigenvalue weighted by Crippen LogP contribution is 2.29. The summed E-state index contributed by atoms with van der Waals surface area (Å²) >= 11 is 10.3. The third kappa shape index (κ3) is 58.5. The molecule has 702 valence electrons. The molecule has 4 atom stereocenters. The Labute approximate surface area is 794 Å². The van der Waals surface area contributed by atoms with E-state index < -0.39 is 0 Å². The van der Waals surface area contributed by atoms with Crippen LogP contribution < -0.4 is 44.6 Å². The van der Waals surface area contributed by atoms with Crippen LogP contribution in [0.5, 0.6) is 0 Å². The number of allylic oxidation sites excluding steroid dienone is 12. The van der Waals surface area contributed by atoms with Crippen molar-refractivity contribution in [2.75, 3.05) is 153 Å². The highest BCUT2D eigenvalue weighted by molar-refractivity contribution is 9.09. The number of hydrogen-bond acceptors (Lipinski definition) is 14. The number of carbonyl (C=O) groups is 4. The van der Waals surface area contributed by atoms with Gasteiger partial charge in [0.2, 0.25) is 0 Å². The number of Topliss-reactive ketones (excluding diaryl/α,β-unsaturated/α-hetero) is 4. The molecule has 123 heavy (non-hydrogen) atoms. The Morgan fingerprint density at radius 3 is 1.29 bits per heavy atom. The van der Waals surface area contributed by atoms with Crippen LogP contribution in [0.2, 0.25) is 0 Å². The lowest BCUT2D eigenvalue weighted by Gasteiger charge is -2.39. The number of nitrogens with zero attached hydrogens (tertiary/aromatic N) is 4. The molecule has 2 heterocycles. The highest BCUT2D eigenvalue weighted by atomic mass is 79.9. The Balaban J connectivity index is 0. The van der Waals surface area contributed by atoms with Crippen LogP contribution in [0.25, 0.3) is 0 Å². The lowest BCUT2D eigenvalue weighted by atomic mass is 9.92. The van der Waals surface area contributed by atoms with Gasteiger partial charge in [0.1, 0.15) is 13.1 Å². The van der Waals surface area contributed by atoms with Crippen molar-refractivity contribution in [2.45, 2.75) is 280 Å². The number of para-hydroxylation sites is 1. The molecule has 2 fully saturated rings. The summed E-state index contributed by atoms with van der Waals surface area (Å²) in [6.07, 6.45) is 50.6. The van der Waals surface area contributed by atoms with E-state index >= 15 is 0 Å². The van der Waals surface area contributed by atoms with Gasteiger partial charge in [-0.15, -0.1) is 0 Å². The van der Waals surface area contributed by atoms with E-state index in [0.29, 0.717) is 70.0 Å². The Morgan fingerprint density at radius 1 is 0.480 bits per heavy atom. The number of piperidine rings is 2. The Hall–Kier alpha value is -3.72. The summed E-state index contributed by atoms with van der Waals surface area (Å²) in [5.41, 5.74) is 14.1. The SMILES string of the molecule is BrCCCCCCBr.C/C=C/C=C\C(C)=C\CC(=O)C[N+](CCCO)(CCCCO)CCCCCCBr.C=C(Nc1c(C)cccc1C)C1CCCCN1CCCCCC[N+](CCCO)(CCCCO)CC(=O)C/C=C(C)/C=C\C=C\C.Cc1cccc(C)c1CC(=O)C1CCCCN1.Cc1cccc(C)c1CC(=O)CN(CCCO)CCCCO.[Br-].[Br-]. The van der Waals surface area contributed by atoms with Crippen molar-refractivity contribution in [1.29, 1.82) is 0 Å². The lowest BCUT2D eigenvalue weighted by Crippen LogP contribution is -3.00. The van der Waals surface area contributed by atoms with Gasteiger partial charge in [-0.2, -0.15) is 0 Å². The molecule has 5 rings (SSSR count). The lowest BCUT2D eigenvalue weighted by molar-refractivity contribution is -0.921. The molecule has 2 aliphatic heterocycles. The van der Waals surface area contributed by atoms with Gasteiger partial charge in [-0.05, 0) is 262 Å². The zero-order valence-electron chi connectivity index (χ0n) is 78.0. The van der Waals surface area contributed by atoms with Crippen molar-refractivity contribution in [2.24, 2.45) is 0 Å². The van der Waals surface area contributed by atoms with Crippen molar-refractivity contribution >= 4 is 76.6 Å². The number of likely N-dealkylation sites (tertiary alicyclic amines) is 1. The zero-order valence-corrected chi connectivity index (χ0v) is 85.9. The molecule has 3 aromatic rings. The van der Waals surface area contributed by atoms with Crippen molar-refractivity contribution < 1.29 is 92.7 Å². The number of alkyl halides is 3. The molecule has 0 amide bonds. The Bertz CT molecular complexity index is 3370. The van der Waals surface area contributed by atoms with E-state index in [2.05, 4.69) is 139 Å². The minimum atomic E-state index is 0. The van der Waals surface area contributed by atoms with Crippen LogP contribution in [-0.2, 0) is 32.0 Å². The fourth-order valence-electron chi connectivity index (χ4n) is 15.9. The smallest absolute Gasteiger partial charge is 0.190 e. The van der Waals surface area contributed by atoms with Crippen LogP contribution in [0.15, 0.2) is 139 Å². The molecular formula is C102H169Br5N6O10. The number of benzene rings is 3. The van der Waals surface area contributed by atoms with Crippen molar-refractivity contribution in [3.05, 3.63) is 183 Å². The maximum atomic E-state index is 13.2. The van der Waals surface area contributed by atoms with Crippen LogP contribution in [0, 0.1) is 41.5 Å². The van der Waals surface area contributed by atoms with Gasteiger partial charge in [0, 0.05) is 118 Å². The van der Waals surface area contributed by atoms with E-state index in [1.807, 2.05) is 121 Å². The fraction of sp³-hybridized carbons (Fsp3) is 0.647. The second kappa shape index (κ2) is 79.2. The first-order valence-corrected chi connectivity index (χ1v) is 49.7. The van der Waals surface area contributed by atoms with Gasteiger partial charge in [-0.3, -0.25) is 29.0 Å². The van der Waals surface area contributed by atoms with Gasteiger partial charge < -0.3 is 84.2 Å². The largest absolute Gasteiger partial charge is 1.00 e. The fourth-order valence-corrected chi connectivity index (χ4v) is 17.1. The standard InChI is InChI=1S/C39H64N3O3.C24H43BrNO3.C18H29NO3.C15H21NO.C6H12Br2.2BrH/c1-6-7-10-19-33(2)23-24-37(45)32-42(29-18-31-44,28-15-16-30-43)27-14-9-8-12-25-41-26-13-11-22-38(41)36(5)40-39-34(3)20-17-21-35(39)4;1-3-4-7-13-23(2)14-15-24(29)22-26(19-12-21-28,18-10-11-20-27)17-9-6-5-8-16-25;1-15-7-5-8-16(2)18(15)13-17(22)14-19(10-6-12-21)9-3-4-11-20;1-11-6-5-7-12(2)13(11)10-15(17)14-8-3-4-9-16-14;7-5-3-1-2-4-6-8;;/h6-7,10,17,19-21,23,38,40,43-44H,5,8-9,11-16,18,22,24-32H2,1-4H3;3-4,7,13-14,27-28H,5-6,8-12,15-22H2,1-2H3;5,7-8,20-21H,3-4,6,9-14H2,1-2H3;5-7,14,16H,3-4,8-10H2,1-2H3;1-6H2;2*1H/q2*+1;;;;;/p-2/b7-6+,19-10-,33-23+;4-3+,13-7-,23-14+;;;;;. The molecule has 16 nitrogen and oxygen atoms in total. The summed E-state index contributed by atoms with van der Waals surface area (Å²) in [5.74, 6) is 1.06. The van der Waals surface area contributed by atoms with E-state index in [-0.39, 0.29) is 97.0 Å².